The number of carbonyl (C=O) groups excluding carboxylic acids is 2. The van der Waals surface area contributed by atoms with E-state index >= 15 is 0 Å². The zero-order valence-corrected chi connectivity index (χ0v) is 14.7. The highest BCUT2D eigenvalue weighted by Crippen LogP contribution is 2.16. The van der Waals surface area contributed by atoms with Gasteiger partial charge in [0.15, 0.2) is 0 Å². The summed E-state index contributed by atoms with van der Waals surface area (Å²) in [6, 6.07) is 1.74. The van der Waals surface area contributed by atoms with Crippen molar-refractivity contribution in [3.63, 3.8) is 0 Å². The van der Waals surface area contributed by atoms with Gasteiger partial charge in [0.25, 0.3) is 5.91 Å². The molecule has 1 aliphatic rings. The van der Waals surface area contributed by atoms with Crippen LogP contribution in [0.2, 0.25) is 0 Å². The van der Waals surface area contributed by atoms with Gasteiger partial charge < -0.3 is 18.8 Å². The van der Waals surface area contributed by atoms with E-state index in [0.717, 1.165) is 12.2 Å². The third-order valence-electron chi connectivity index (χ3n) is 4.71. The molecule has 0 N–H and O–H groups in total. The summed E-state index contributed by atoms with van der Waals surface area (Å²) >= 11 is 0. The molecule has 1 atom stereocenters. The van der Waals surface area contributed by atoms with Crippen LogP contribution in [0.25, 0.3) is 0 Å². The summed E-state index contributed by atoms with van der Waals surface area (Å²) in [6.45, 7) is 6.42. The van der Waals surface area contributed by atoms with Crippen molar-refractivity contribution in [3.05, 3.63) is 42.4 Å². The second-order valence-corrected chi connectivity index (χ2v) is 6.47. The third kappa shape index (κ3) is 3.92. The van der Waals surface area contributed by atoms with Crippen molar-refractivity contribution in [2.75, 3.05) is 26.2 Å². The summed E-state index contributed by atoms with van der Waals surface area (Å²) in [4.78, 5) is 32.9. The Kier molecular flexibility index (Phi) is 5.21. The van der Waals surface area contributed by atoms with E-state index in [-0.39, 0.29) is 17.9 Å². The Morgan fingerprint density at radius 1 is 1.24 bits per heavy atom. The molecule has 1 fully saturated rings. The quantitative estimate of drug-likeness (QED) is 0.852. The average Bonchev–Trinajstić information content (AvgIpc) is 3.20. The van der Waals surface area contributed by atoms with Crippen molar-refractivity contribution in [3.8, 4) is 0 Å². The molecule has 0 spiro atoms. The number of rotatable bonds is 4. The molecule has 1 saturated heterocycles. The molecule has 3 rings (SSSR count). The van der Waals surface area contributed by atoms with Gasteiger partial charge in [0.2, 0.25) is 5.91 Å². The number of nitrogens with zero attached hydrogens (tertiary/aromatic N) is 4. The highest BCUT2D eigenvalue weighted by atomic mass is 16.3. The lowest BCUT2D eigenvalue weighted by Gasteiger charge is -2.24. The lowest BCUT2D eigenvalue weighted by molar-refractivity contribution is -0.131. The van der Waals surface area contributed by atoms with E-state index in [0.29, 0.717) is 38.2 Å². The van der Waals surface area contributed by atoms with Gasteiger partial charge >= 0.3 is 0 Å². The minimum Gasteiger partial charge on any atom is -0.472 e. The van der Waals surface area contributed by atoms with E-state index < -0.39 is 0 Å². The first kappa shape index (κ1) is 17.3. The van der Waals surface area contributed by atoms with Crippen LogP contribution in [0.3, 0.4) is 0 Å². The first-order valence-corrected chi connectivity index (χ1v) is 8.65. The topological polar surface area (TPSA) is 71.6 Å². The van der Waals surface area contributed by atoms with Gasteiger partial charge in [0.1, 0.15) is 12.1 Å². The number of hydrogen-bond acceptors (Lipinski definition) is 4. The van der Waals surface area contributed by atoms with Gasteiger partial charge in [-0.1, -0.05) is 0 Å². The third-order valence-corrected chi connectivity index (χ3v) is 4.71. The maximum Gasteiger partial charge on any atom is 0.257 e. The summed E-state index contributed by atoms with van der Waals surface area (Å²) in [7, 11) is 0. The highest BCUT2D eigenvalue weighted by molar-refractivity contribution is 5.93. The van der Waals surface area contributed by atoms with E-state index in [1.165, 1.54) is 12.5 Å². The number of imidazole rings is 1. The fourth-order valence-corrected chi connectivity index (χ4v) is 3.27. The van der Waals surface area contributed by atoms with Crippen molar-refractivity contribution >= 4 is 11.8 Å². The fraction of sp³-hybridized carbons (Fsp3) is 0.500. The molecule has 3 heterocycles. The Labute approximate surface area is 147 Å². The number of furan rings is 1. The lowest BCUT2D eigenvalue weighted by Crippen LogP contribution is -2.37. The zero-order valence-electron chi connectivity index (χ0n) is 14.7. The van der Waals surface area contributed by atoms with Crippen LogP contribution in [0, 0.1) is 6.92 Å². The van der Waals surface area contributed by atoms with Crippen LogP contribution >= 0.6 is 0 Å². The predicted molar refractivity (Wildman–Crippen MR) is 92.1 cm³/mol. The minimum atomic E-state index is -0.0366. The van der Waals surface area contributed by atoms with Crippen LogP contribution in [-0.2, 0) is 4.79 Å². The Bertz CT molecular complexity index is 723. The predicted octanol–water partition coefficient (Wildman–Crippen LogP) is 2.11. The summed E-state index contributed by atoms with van der Waals surface area (Å²) in [5.41, 5.74) is 0.559. The van der Waals surface area contributed by atoms with Crippen LogP contribution in [0.5, 0.6) is 0 Å². The molecular formula is C18H24N4O3. The van der Waals surface area contributed by atoms with Crippen LogP contribution in [0.1, 0.15) is 42.0 Å². The van der Waals surface area contributed by atoms with Crippen LogP contribution in [-0.4, -0.2) is 57.3 Å². The van der Waals surface area contributed by atoms with E-state index in [1.54, 1.807) is 17.2 Å². The average molecular weight is 344 g/mol. The van der Waals surface area contributed by atoms with Gasteiger partial charge in [-0.15, -0.1) is 0 Å². The molecule has 0 aromatic carbocycles. The van der Waals surface area contributed by atoms with E-state index in [2.05, 4.69) is 4.98 Å². The minimum absolute atomic E-state index is 0.0366. The number of carbonyl (C=O) groups is 2. The van der Waals surface area contributed by atoms with Crippen LogP contribution < -0.4 is 0 Å². The molecule has 0 aliphatic carbocycles. The smallest absolute Gasteiger partial charge is 0.257 e. The number of aryl methyl sites for hydroxylation is 1. The van der Waals surface area contributed by atoms with Gasteiger partial charge in [-0.2, -0.15) is 0 Å². The number of aromatic nitrogens is 2. The highest BCUT2D eigenvalue weighted by Gasteiger charge is 2.24. The molecule has 25 heavy (non-hydrogen) atoms. The van der Waals surface area contributed by atoms with Crippen molar-refractivity contribution in [2.45, 2.75) is 32.7 Å². The molecule has 0 radical (unpaired) electrons. The Morgan fingerprint density at radius 3 is 2.68 bits per heavy atom. The van der Waals surface area contributed by atoms with Crippen molar-refractivity contribution < 1.29 is 14.0 Å². The zero-order chi connectivity index (χ0) is 17.8. The summed E-state index contributed by atoms with van der Waals surface area (Å²) in [6.07, 6.45) is 7.84. The number of amides is 2. The molecular weight excluding hydrogens is 320 g/mol. The van der Waals surface area contributed by atoms with Gasteiger partial charge in [-0.3, -0.25) is 9.59 Å². The first-order chi connectivity index (χ1) is 12.1. The van der Waals surface area contributed by atoms with E-state index in [4.69, 9.17) is 4.42 Å². The Balaban J connectivity index is 1.56. The van der Waals surface area contributed by atoms with Gasteiger partial charge in [0, 0.05) is 51.0 Å². The van der Waals surface area contributed by atoms with Crippen molar-refractivity contribution in [2.24, 2.45) is 0 Å². The second-order valence-electron chi connectivity index (χ2n) is 6.47. The van der Waals surface area contributed by atoms with Gasteiger partial charge in [-0.05, 0) is 26.3 Å². The van der Waals surface area contributed by atoms with Crippen LogP contribution in [0.15, 0.2) is 35.4 Å². The fourth-order valence-electron chi connectivity index (χ4n) is 3.27. The van der Waals surface area contributed by atoms with Crippen molar-refractivity contribution in [1.82, 2.24) is 19.4 Å². The maximum atomic E-state index is 12.6. The molecule has 2 aromatic rings. The molecule has 7 heteroatoms. The molecule has 0 unspecified atom stereocenters. The molecule has 7 nitrogen and oxygen atoms in total. The summed E-state index contributed by atoms with van der Waals surface area (Å²) in [5, 5.41) is 0. The van der Waals surface area contributed by atoms with E-state index in [9.17, 15) is 9.59 Å². The molecule has 2 aromatic heterocycles. The first-order valence-electron chi connectivity index (χ1n) is 8.65. The molecule has 0 bridgehead atoms. The Morgan fingerprint density at radius 2 is 2.00 bits per heavy atom. The monoisotopic (exact) mass is 344 g/mol. The van der Waals surface area contributed by atoms with Gasteiger partial charge in [-0.25, -0.2) is 4.98 Å². The molecule has 0 saturated carbocycles. The standard InChI is InChI=1S/C18H24N4O3/c1-14(22-8-5-19-15(22)2)12-17(23)20-6-3-7-21(10-9-20)18(24)16-4-11-25-13-16/h4-5,8,11,13-14H,3,6-7,9-10,12H2,1-2H3/t14-/m0/s1. The molecule has 1 aliphatic heterocycles. The second kappa shape index (κ2) is 7.55. The van der Waals surface area contributed by atoms with E-state index in [1.807, 2.05) is 29.5 Å². The lowest BCUT2D eigenvalue weighted by atomic mass is 10.2. The normalized spacial score (nSPS) is 16.6. The molecule has 2 amide bonds. The van der Waals surface area contributed by atoms with Crippen molar-refractivity contribution in [1.29, 1.82) is 0 Å². The maximum absolute atomic E-state index is 12.6. The summed E-state index contributed by atoms with van der Waals surface area (Å²) in [5.74, 6) is 0.997. The van der Waals surface area contributed by atoms with Gasteiger partial charge in [0.05, 0.1) is 11.8 Å². The largest absolute Gasteiger partial charge is 0.472 e. The SMILES string of the molecule is Cc1nccn1[C@@H](C)CC(=O)N1CCCN(C(=O)c2ccoc2)CC1. The summed E-state index contributed by atoms with van der Waals surface area (Å²) < 4.78 is 7.00. The number of hydrogen-bond donors (Lipinski definition) is 0. The van der Waals surface area contributed by atoms with Crippen LogP contribution in [0.4, 0.5) is 0 Å². The Hall–Kier alpha value is -2.57. The molecule has 134 valence electrons.